The highest BCUT2D eigenvalue weighted by Gasteiger charge is 2.12. The first-order chi connectivity index (χ1) is 8.65. The van der Waals surface area contributed by atoms with Crippen molar-refractivity contribution in [2.24, 2.45) is 0 Å². The van der Waals surface area contributed by atoms with Gasteiger partial charge in [-0.05, 0) is 35.4 Å². The first-order valence-corrected chi connectivity index (χ1v) is 5.46. The van der Waals surface area contributed by atoms with Crippen molar-refractivity contribution in [2.75, 3.05) is 20.0 Å². The molecule has 0 heterocycles. The van der Waals surface area contributed by atoms with E-state index in [1.54, 1.807) is 12.1 Å². The molecule has 0 atom stereocenters. The third-order valence-corrected chi connectivity index (χ3v) is 2.70. The minimum Gasteiger partial charge on any atom is -0.502 e. The van der Waals surface area contributed by atoms with Crippen LogP contribution in [0.5, 0.6) is 17.2 Å². The number of aromatic hydroxyl groups is 1. The number of benzene rings is 2. The fourth-order valence-corrected chi connectivity index (χ4v) is 1.78. The van der Waals surface area contributed by atoms with Gasteiger partial charge in [-0.2, -0.15) is 0 Å². The van der Waals surface area contributed by atoms with E-state index in [1.807, 2.05) is 24.3 Å². The van der Waals surface area contributed by atoms with Crippen molar-refractivity contribution in [3.63, 3.8) is 0 Å². The standard InChI is InChI=1S/C14H15NO3/c1-17-12-7-10(8-13(18-2)14(12)16)9-4-3-5-11(15)6-9/h3-8,16H,15H2,1-2H3. The molecular formula is C14H15NO3. The highest BCUT2D eigenvalue weighted by molar-refractivity contribution is 5.72. The molecular weight excluding hydrogens is 230 g/mol. The van der Waals surface area contributed by atoms with Crippen LogP contribution in [0.25, 0.3) is 11.1 Å². The zero-order valence-electron chi connectivity index (χ0n) is 10.3. The Labute approximate surface area is 106 Å². The molecule has 2 aromatic carbocycles. The molecule has 0 aliphatic heterocycles. The fourth-order valence-electron chi connectivity index (χ4n) is 1.78. The molecule has 0 amide bonds. The van der Waals surface area contributed by atoms with E-state index in [-0.39, 0.29) is 5.75 Å². The molecule has 2 aromatic rings. The van der Waals surface area contributed by atoms with E-state index in [1.165, 1.54) is 14.2 Å². The Balaban J connectivity index is 2.58. The molecule has 0 saturated heterocycles. The van der Waals surface area contributed by atoms with E-state index >= 15 is 0 Å². The maximum absolute atomic E-state index is 9.84. The smallest absolute Gasteiger partial charge is 0.200 e. The Morgan fingerprint density at radius 2 is 1.56 bits per heavy atom. The largest absolute Gasteiger partial charge is 0.502 e. The Kier molecular flexibility index (Phi) is 3.28. The lowest BCUT2D eigenvalue weighted by molar-refractivity contribution is 0.340. The minimum absolute atomic E-state index is 0.00680. The SMILES string of the molecule is COc1cc(-c2cccc(N)c2)cc(OC)c1O. The zero-order chi connectivity index (χ0) is 13.1. The molecule has 2 rings (SSSR count). The number of hydrogen-bond donors (Lipinski definition) is 2. The normalized spacial score (nSPS) is 10.1. The molecule has 0 radical (unpaired) electrons. The Morgan fingerprint density at radius 1 is 0.944 bits per heavy atom. The van der Waals surface area contributed by atoms with Gasteiger partial charge in [0.1, 0.15) is 0 Å². The molecule has 0 spiro atoms. The van der Waals surface area contributed by atoms with Gasteiger partial charge < -0.3 is 20.3 Å². The van der Waals surface area contributed by atoms with E-state index in [9.17, 15) is 5.11 Å². The van der Waals surface area contributed by atoms with Crippen molar-refractivity contribution in [2.45, 2.75) is 0 Å². The lowest BCUT2D eigenvalue weighted by Gasteiger charge is -2.11. The summed E-state index contributed by atoms with van der Waals surface area (Å²) in [5.74, 6) is 0.728. The fraction of sp³-hybridized carbons (Fsp3) is 0.143. The van der Waals surface area contributed by atoms with E-state index in [2.05, 4.69) is 0 Å². The van der Waals surface area contributed by atoms with Crippen LogP contribution >= 0.6 is 0 Å². The second-order valence-corrected chi connectivity index (χ2v) is 3.85. The van der Waals surface area contributed by atoms with Crippen molar-refractivity contribution in [3.8, 4) is 28.4 Å². The van der Waals surface area contributed by atoms with Gasteiger partial charge in [-0.25, -0.2) is 0 Å². The highest BCUT2D eigenvalue weighted by Crippen LogP contribution is 2.40. The van der Waals surface area contributed by atoms with Crippen LogP contribution in [0.1, 0.15) is 0 Å². The number of nitrogens with two attached hydrogens (primary N) is 1. The van der Waals surface area contributed by atoms with Gasteiger partial charge in [0.15, 0.2) is 11.5 Å². The number of anilines is 1. The topological polar surface area (TPSA) is 64.7 Å². The van der Waals surface area contributed by atoms with Gasteiger partial charge in [-0.15, -0.1) is 0 Å². The monoisotopic (exact) mass is 245 g/mol. The number of phenolic OH excluding ortho intramolecular Hbond substituents is 1. The first kappa shape index (κ1) is 12.1. The number of methoxy groups -OCH3 is 2. The van der Waals surface area contributed by atoms with Crippen LogP contribution in [0.15, 0.2) is 36.4 Å². The third-order valence-electron chi connectivity index (χ3n) is 2.70. The lowest BCUT2D eigenvalue weighted by Crippen LogP contribution is -1.91. The molecule has 0 fully saturated rings. The third kappa shape index (κ3) is 2.18. The lowest BCUT2D eigenvalue weighted by atomic mass is 10.0. The summed E-state index contributed by atoms with van der Waals surface area (Å²) in [6.07, 6.45) is 0. The predicted octanol–water partition coefficient (Wildman–Crippen LogP) is 2.66. The summed E-state index contributed by atoms with van der Waals surface area (Å²) in [5.41, 5.74) is 8.24. The maximum Gasteiger partial charge on any atom is 0.200 e. The predicted molar refractivity (Wildman–Crippen MR) is 71.1 cm³/mol. The average Bonchev–Trinajstić information content (AvgIpc) is 2.39. The van der Waals surface area contributed by atoms with Crippen molar-refractivity contribution >= 4 is 5.69 Å². The Hall–Kier alpha value is -2.36. The molecule has 3 N–H and O–H groups in total. The molecule has 0 aliphatic rings. The minimum atomic E-state index is -0.00680. The summed E-state index contributed by atoms with van der Waals surface area (Å²) in [6.45, 7) is 0. The van der Waals surface area contributed by atoms with E-state index in [0.29, 0.717) is 17.2 Å². The Bertz CT molecular complexity index is 542. The molecule has 0 unspecified atom stereocenters. The van der Waals surface area contributed by atoms with Crippen molar-refractivity contribution < 1.29 is 14.6 Å². The summed E-state index contributed by atoms with van der Waals surface area (Å²) < 4.78 is 10.2. The summed E-state index contributed by atoms with van der Waals surface area (Å²) >= 11 is 0. The van der Waals surface area contributed by atoms with Gasteiger partial charge in [0.25, 0.3) is 0 Å². The number of ether oxygens (including phenoxy) is 2. The van der Waals surface area contributed by atoms with E-state index < -0.39 is 0 Å². The number of rotatable bonds is 3. The second-order valence-electron chi connectivity index (χ2n) is 3.85. The molecule has 0 bridgehead atoms. The van der Waals surface area contributed by atoms with Crippen molar-refractivity contribution in [1.82, 2.24) is 0 Å². The summed E-state index contributed by atoms with van der Waals surface area (Å²) in [5, 5.41) is 9.84. The van der Waals surface area contributed by atoms with Crippen LogP contribution < -0.4 is 15.2 Å². The van der Waals surface area contributed by atoms with Crippen LogP contribution in [-0.4, -0.2) is 19.3 Å². The van der Waals surface area contributed by atoms with Crippen LogP contribution in [0.2, 0.25) is 0 Å². The number of nitrogen functional groups attached to an aromatic ring is 1. The van der Waals surface area contributed by atoms with Gasteiger partial charge in [0.2, 0.25) is 5.75 Å². The summed E-state index contributed by atoms with van der Waals surface area (Å²) in [7, 11) is 3.00. The van der Waals surface area contributed by atoms with Crippen LogP contribution in [0, 0.1) is 0 Å². The van der Waals surface area contributed by atoms with Gasteiger partial charge in [0, 0.05) is 5.69 Å². The highest BCUT2D eigenvalue weighted by atomic mass is 16.5. The second kappa shape index (κ2) is 4.87. The van der Waals surface area contributed by atoms with Crippen molar-refractivity contribution in [1.29, 1.82) is 0 Å². The molecule has 0 saturated carbocycles. The molecule has 18 heavy (non-hydrogen) atoms. The quantitative estimate of drug-likeness (QED) is 0.816. The van der Waals surface area contributed by atoms with E-state index in [0.717, 1.165) is 11.1 Å². The Morgan fingerprint density at radius 3 is 2.06 bits per heavy atom. The zero-order valence-corrected chi connectivity index (χ0v) is 10.3. The molecule has 4 nitrogen and oxygen atoms in total. The molecule has 0 aliphatic carbocycles. The summed E-state index contributed by atoms with van der Waals surface area (Å²) in [4.78, 5) is 0. The summed E-state index contributed by atoms with van der Waals surface area (Å²) in [6, 6.07) is 11.0. The molecule has 94 valence electrons. The van der Waals surface area contributed by atoms with Gasteiger partial charge in [-0.3, -0.25) is 0 Å². The average molecular weight is 245 g/mol. The van der Waals surface area contributed by atoms with Gasteiger partial charge >= 0.3 is 0 Å². The van der Waals surface area contributed by atoms with Crippen LogP contribution in [0.4, 0.5) is 5.69 Å². The molecule has 4 heteroatoms. The van der Waals surface area contributed by atoms with Crippen LogP contribution in [-0.2, 0) is 0 Å². The van der Waals surface area contributed by atoms with Crippen LogP contribution in [0.3, 0.4) is 0 Å². The van der Waals surface area contributed by atoms with E-state index in [4.69, 9.17) is 15.2 Å². The maximum atomic E-state index is 9.84. The molecule has 0 aromatic heterocycles. The first-order valence-electron chi connectivity index (χ1n) is 5.46. The van der Waals surface area contributed by atoms with Gasteiger partial charge in [-0.1, -0.05) is 12.1 Å². The van der Waals surface area contributed by atoms with Gasteiger partial charge in [0.05, 0.1) is 14.2 Å². The van der Waals surface area contributed by atoms with Crippen molar-refractivity contribution in [3.05, 3.63) is 36.4 Å². The number of phenols is 1. The number of hydrogen-bond acceptors (Lipinski definition) is 4.